The van der Waals surface area contributed by atoms with Crippen LogP contribution < -0.4 is 5.46 Å². The number of halogens is 1. The van der Waals surface area contributed by atoms with Gasteiger partial charge in [-0.05, 0) is 45.3 Å². The van der Waals surface area contributed by atoms with Crippen molar-refractivity contribution in [1.82, 2.24) is 0 Å². The summed E-state index contributed by atoms with van der Waals surface area (Å²) < 4.78 is 18.6. The monoisotopic (exact) mass is 249 g/mol. The highest BCUT2D eigenvalue weighted by Crippen LogP contribution is 2.24. The van der Waals surface area contributed by atoms with Gasteiger partial charge in [0.05, 0.1) is 22.8 Å². The summed E-state index contributed by atoms with van der Waals surface area (Å²) in [5.74, 6) is -0.447. The van der Waals surface area contributed by atoms with Crippen LogP contribution in [0.3, 0.4) is 0 Å². The van der Waals surface area contributed by atoms with E-state index in [0.717, 1.165) is 0 Å². The lowest BCUT2D eigenvalue weighted by atomic mass is 9.80. The highest BCUT2D eigenvalue weighted by molar-refractivity contribution is 6.48. The largest absolute Gasteiger partial charge is 0.427 e. The molecule has 18 heavy (non-hydrogen) atoms. The van der Waals surface area contributed by atoms with Gasteiger partial charge in [-0.25, -0.2) is 4.39 Å². The number of hydrogen-bond donors (Lipinski definition) is 1. The molecule has 0 aliphatic carbocycles. The maximum atomic E-state index is 13.0. The number of aliphatic hydroxyl groups is 1. The summed E-state index contributed by atoms with van der Waals surface area (Å²) in [5, 5.41) is 18.9. The van der Waals surface area contributed by atoms with Gasteiger partial charge in [0.2, 0.25) is 0 Å². The second-order valence-corrected chi connectivity index (χ2v) is 5.27. The summed E-state index contributed by atoms with van der Waals surface area (Å²) >= 11 is 0. The molecule has 0 spiro atoms. The van der Waals surface area contributed by atoms with Crippen LogP contribution in [0.15, 0.2) is 18.2 Å². The first-order valence-electron chi connectivity index (χ1n) is 5.72. The van der Waals surface area contributed by atoms with Gasteiger partial charge in [0, 0.05) is 0 Å². The van der Waals surface area contributed by atoms with Crippen molar-refractivity contribution in [2.24, 2.45) is 0 Å². The quantitative estimate of drug-likeness (QED) is 0.817. The Kier molecular flexibility index (Phi) is 4.15. The molecule has 0 aliphatic heterocycles. The van der Waals surface area contributed by atoms with Gasteiger partial charge in [-0.15, -0.1) is 0 Å². The number of nitrogens with zero attached hydrogens (tertiary/aromatic N) is 1. The average molecular weight is 249 g/mol. The number of rotatable bonds is 4. The second-order valence-electron chi connectivity index (χ2n) is 5.27. The van der Waals surface area contributed by atoms with Crippen molar-refractivity contribution in [2.75, 3.05) is 0 Å². The number of nitriles is 1. The summed E-state index contributed by atoms with van der Waals surface area (Å²) in [4.78, 5) is 0. The Morgan fingerprint density at radius 1 is 1.33 bits per heavy atom. The van der Waals surface area contributed by atoms with Crippen molar-refractivity contribution in [2.45, 2.75) is 38.9 Å². The normalized spacial score (nSPS) is 12.1. The van der Waals surface area contributed by atoms with Crippen LogP contribution in [0.25, 0.3) is 0 Å². The van der Waals surface area contributed by atoms with Gasteiger partial charge in [0.1, 0.15) is 5.82 Å². The van der Waals surface area contributed by atoms with Crippen molar-refractivity contribution in [3.8, 4) is 6.07 Å². The van der Waals surface area contributed by atoms with Gasteiger partial charge < -0.3 is 9.76 Å². The Morgan fingerprint density at radius 2 is 1.94 bits per heavy atom. The first-order chi connectivity index (χ1) is 8.17. The first-order valence-corrected chi connectivity index (χ1v) is 5.72. The predicted octanol–water partition coefficient (Wildman–Crippen LogP) is 1.24. The van der Waals surface area contributed by atoms with Gasteiger partial charge in [-0.2, -0.15) is 5.26 Å². The van der Waals surface area contributed by atoms with E-state index in [1.807, 2.05) is 6.07 Å². The van der Waals surface area contributed by atoms with Crippen LogP contribution >= 0.6 is 0 Å². The standard InChI is InChI=1S/C13H17BFNO2/c1-12(2,17)13(3,4)18-14-11-6-5-10(15)7-9(11)8-16/h5-7,14,17H,1-4H3. The molecule has 1 aromatic rings. The van der Waals surface area contributed by atoms with Crippen LogP contribution in [0.4, 0.5) is 4.39 Å². The molecule has 1 rings (SSSR count). The Balaban J connectivity index is 2.85. The molecule has 3 nitrogen and oxygen atoms in total. The molecule has 0 saturated heterocycles. The van der Waals surface area contributed by atoms with E-state index in [-0.39, 0.29) is 13.0 Å². The zero-order valence-corrected chi connectivity index (χ0v) is 11.1. The lowest BCUT2D eigenvalue weighted by molar-refractivity contribution is -0.0893. The third kappa shape index (κ3) is 3.31. The predicted molar refractivity (Wildman–Crippen MR) is 69.4 cm³/mol. The summed E-state index contributed by atoms with van der Waals surface area (Å²) in [6.07, 6.45) is 0. The van der Waals surface area contributed by atoms with Gasteiger partial charge in [-0.3, -0.25) is 0 Å². The zero-order valence-electron chi connectivity index (χ0n) is 11.1. The molecular formula is C13H17BFNO2. The lowest BCUT2D eigenvalue weighted by Crippen LogP contribution is -2.49. The van der Waals surface area contributed by atoms with Crippen LogP contribution in [0.2, 0.25) is 0 Å². The topological polar surface area (TPSA) is 53.2 Å². The van der Waals surface area contributed by atoms with E-state index in [9.17, 15) is 9.50 Å². The molecule has 0 saturated carbocycles. The molecule has 0 aromatic heterocycles. The number of benzene rings is 1. The minimum absolute atomic E-state index is 0.153. The maximum absolute atomic E-state index is 13.0. The molecule has 1 aromatic carbocycles. The van der Waals surface area contributed by atoms with E-state index in [1.54, 1.807) is 27.7 Å². The van der Waals surface area contributed by atoms with E-state index >= 15 is 0 Å². The van der Waals surface area contributed by atoms with Gasteiger partial charge in [-0.1, -0.05) is 6.07 Å². The lowest BCUT2D eigenvalue weighted by Gasteiger charge is -2.37. The minimum Gasteiger partial charge on any atom is -0.427 e. The summed E-state index contributed by atoms with van der Waals surface area (Å²) in [6, 6.07) is 5.92. The van der Waals surface area contributed by atoms with Crippen molar-refractivity contribution < 1.29 is 14.2 Å². The van der Waals surface area contributed by atoms with Crippen LogP contribution in [0, 0.1) is 17.1 Å². The van der Waals surface area contributed by atoms with Crippen molar-refractivity contribution in [1.29, 1.82) is 5.26 Å². The third-order valence-electron chi connectivity index (χ3n) is 3.25. The minimum atomic E-state index is -1.01. The molecule has 0 unspecified atom stereocenters. The second kappa shape index (κ2) is 5.09. The fraction of sp³-hybridized carbons (Fsp3) is 0.462. The van der Waals surface area contributed by atoms with Crippen LogP contribution in [0.5, 0.6) is 0 Å². The van der Waals surface area contributed by atoms with E-state index in [2.05, 4.69) is 0 Å². The van der Waals surface area contributed by atoms with Crippen molar-refractivity contribution >= 4 is 12.9 Å². The van der Waals surface area contributed by atoms with E-state index in [4.69, 9.17) is 9.92 Å². The molecule has 96 valence electrons. The van der Waals surface area contributed by atoms with Gasteiger partial charge in [0.25, 0.3) is 0 Å². The van der Waals surface area contributed by atoms with Crippen LogP contribution in [-0.4, -0.2) is 23.8 Å². The molecule has 0 fully saturated rings. The first kappa shape index (κ1) is 14.7. The average Bonchev–Trinajstić information content (AvgIpc) is 2.25. The number of hydrogen-bond acceptors (Lipinski definition) is 3. The van der Waals surface area contributed by atoms with Crippen molar-refractivity contribution in [3.05, 3.63) is 29.6 Å². The van der Waals surface area contributed by atoms with E-state index < -0.39 is 17.0 Å². The smallest absolute Gasteiger partial charge is 0.310 e. The van der Waals surface area contributed by atoms with Crippen LogP contribution in [0.1, 0.15) is 33.3 Å². The Hall–Kier alpha value is -1.38. The van der Waals surface area contributed by atoms with E-state index in [1.165, 1.54) is 18.2 Å². The summed E-state index contributed by atoms with van der Waals surface area (Å²) in [7, 11) is 0.153. The van der Waals surface area contributed by atoms with Crippen LogP contribution in [-0.2, 0) is 4.65 Å². The molecule has 0 heterocycles. The molecule has 1 N–H and O–H groups in total. The Labute approximate surface area is 107 Å². The van der Waals surface area contributed by atoms with Gasteiger partial charge >= 0.3 is 7.48 Å². The van der Waals surface area contributed by atoms with Gasteiger partial charge in [0.15, 0.2) is 0 Å². The molecule has 0 aliphatic rings. The fourth-order valence-corrected chi connectivity index (χ4v) is 1.21. The zero-order chi connectivity index (χ0) is 14.0. The van der Waals surface area contributed by atoms with Crippen molar-refractivity contribution in [3.63, 3.8) is 0 Å². The highest BCUT2D eigenvalue weighted by atomic mass is 19.1. The molecule has 0 bridgehead atoms. The summed E-state index contributed by atoms with van der Waals surface area (Å²) in [5.41, 5.74) is -0.925. The molecule has 0 amide bonds. The summed E-state index contributed by atoms with van der Waals surface area (Å²) in [6.45, 7) is 6.84. The fourth-order valence-electron chi connectivity index (χ4n) is 1.21. The highest BCUT2D eigenvalue weighted by Gasteiger charge is 2.35. The maximum Gasteiger partial charge on any atom is 0.310 e. The Morgan fingerprint density at radius 3 is 2.44 bits per heavy atom. The van der Waals surface area contributed by atoms with E-state index in [0.29, 0.717) is 5.46 Å². The molecule has 0 radical (unpaired) electrons. The SMILES string of the molecule is CC(C)(O)C(C)(C)OBc1ccc(F)cc1C#N. The molecule has 5 heteroatoms. The molecule has 0 atom stereocenters. The third-order valence-corrected chi connectivity index (χ3v) is 3.25. The molecular weight excluding hydrogens is 232 g/mol. The Bertz CT molecular complexity index is 475.